The highest BCUT2D eigenvalue weighted by Gasteiger charge is 2.32. The molecule has 0 radical (unpaired) electrons. The number of aliphatic hydroxyl groups excluding tert-OH is 1. The van der Waals surface area contributed by atoms with Gasteiger partial charge in [0.25, 0.3) is 0 Å². The maximum absolute atomic E-state index is 9.86. The molecule has 0 fully saturated rings. The number of hydrogen-bond acceptors (Lipinski definition) is 2. The second-order valence-corrected chi connectivity index (χ2v) is 5.62. The van der Waals surface area contributed by atoms with Crippen LogP contribution in [0.2, 0.25) is 0 Å². The highest BCUT2D eigenvalue weighted by atomic mass is 16.5. The number of ether oxygens (including phenoxy) is 1. The van der Waals surface area contributed by atoms with E-state index in [0.29, 0.717) is 0 Å². The summed E-state index contributed by atoms with van der Waals surface area (Å²) >= 11 is 0. The van der Waals surface area contributed by atoms with Crippen molar-refractivity contribution < 1.29 is 9.84 Å². The maximum atomic E-state index is 9.86. The van der Waals surface area contributed by atoms with E-state index in [1.807, 2.05) is 18.2 Å². The van der Waals surface area contributed by atoms with Crippen LogP contribution < -0.4 is 0 Å². The van der Waals surface area contributed by atoms with E-state index in [0.717, 1.165) is 19.3 Å². The van der Waals surface area contributed by atoms with Gasteiger partial charge in [-0.2, -0.15) is 0 Å². The molecule has 0 amide bonds. The van der Waals surface area contributed by atoms with Crippen LogP contribution in [0.1, 0.15) is 45.6 Å². The predicted molar refractivity (Wildman–Crippen MR) is 75.8 cm³/mol. The van der Waals surface area contributed by atoms with Gasteiger partial charge >= 0.3 is 0 Å². The van der Waals surface area contributed by atoms with Gasteiger partial charge in [0.2, 0.25) is 0 Å². The molecule has 0 aliphatic rings. The summed E-state index contributed by atoms with van der Waals surface area (Å²) in [6.07, 6.45) is 2.81. The Bertz CT molecular complexity index is 339. The zero-order valence-corrected chi connectivity index (χ0v) is 12.1. The lowest BCUT2D eigenvalue weighted by molar-refractivity contribution is 0.00498. The van der Waals surface area contributed by atoms with Gasteiger partial charge < -0.3 is 9.84 Å². The van der Waals surface area contributed by atoms with E-state index >= 15 is 0 Å². The zero-order chi connectivity index (χ0) is 13.6. The van der Waals surface area contributed by atoms with Crippen molar-refractivity contribution in [3.8, 4) is 0 Å². The summed E-state index contributed by atoms with van der Waals surface area (Å²) in [7, 11) is 1.75. The molecule has 2 nitrogen and oxygen atoms in total. The van der Waals surface area contributed by atoms with Gasteiger partial charge in [0.05, 0.1) is 12.2 Å². The summed E-state index contributed by atoms with van der Waals surface area (Å²) in [6, 6.07) is 10.3. The van der Waals surface area contributed by atoms with Crippen LogP contribution >= 0.6 is 0 Å². The van der Waals surface area contributed by atoms with Crippen LogP contribution in [0.4, 0.5) is 0 Å². The third-order valence-electron chi connectivity index (χ3n) is 4.12. The smallest absolute Gasteiger partial charge is 0.0623 e. The van der Waals surface area contributed by atoms with Crippen LogP contribution in [0, 0.1) is 0 Å². The number of aliphatic hydroxyl groups is 1. The Morgan fingerprint density at radius 1 is 1.11 bits per heavy atom. The van der Waals surface area contributed by atoms with Gasteiger partial charge in [-0.1, -0.05) is 37.3 Å². The minimum atomic E-state index is -0.142. The van der Waals surface area contributed by atoms with Crippen molar-refractivity contribution in [1.29, 1.82) is 0 Å². The normalized spacial score (nSPS) is 15.4. The van der Waals surface area contributed by atoms with Crippen LogP contribution in [0.25, 0.3) is 0 Å². The Hall–Kier alpha value is -0.860. The minimum Gasteiger partial charge on any atom is -0.395 e. The van der Waals surface area contributed by atoms with Gasteiger partial charge in [-0.3, -0.25) is 0 Å². The molecule has 1 rings (SSSR count). The average molecular weight is 250 g/mol. The Labute approximate surface area is 111 Å². The number of rotatable bonds is 7. The number of benzene rings is 1. The molecule has 0 heterocycles. The van der Waals surface area contributed by atoms with Crippen molar-refractivity contribution in [3.63, 3.8) is 0 Å². The van der Waals surface area contributed by atoms with Crippen molar-refractivity contribution in [2.24, 2.45) is 0 Å². The molecule has 1 atom stereocenters. The van der Waals surface area contributed by atoms with E-state index in [2.05, 4.69) is 32.9 Å². The first-order chi connectivity index (χ1) is 8.49. The fourth-order valence-electron chi connectivity index (χ4n) is 2.24. The zero-order valence-electron chi connectivity index (χ0n) is 12.1. The van der Waals surface area contributed by atoms with E-state index in [1.54, 1.807) is 7.11 Å². The molecule has 0 spiro atoms. The Morgan fingerprint density at radius 2 is 1.72 bits per heavy atom. The molecule has 0 aromatic heterocycles. The van der Waals surface area contributed by atoms with E-state index in [4.69, 9.17) is 4.74 Å². The predicted octanol–water partition coefficient (Wildman–Crippen LogP) is 3.53. The highest BCUT2D eigenvalue weighted by Crippen LogP contribution is 2.35. The van der Waals surface area contributed by atoms with Gasteiger partial charge in [-0.25, -0.2) is 0 Å². The second-order valence-electron chi connectivity index (χ2n) is 5.62. The number of methoxy groups -OCH3 is 1. The first-order valence-electron chi connectivity index (χ1n) is 6.71. The molecule has 1 unspecified atom stereocenters. The summed E-state index contributed by atoms with van der Waals surface area (Å²) in [6.45, 7) is 6.52. The quantitative estimate of drug-likeness (QED) is 0.802. The lowest BCUT2D eigenvalue weighted by Gasteiger charge is -2.35. The van der Waals surface area contributed by atoms with Crippen molar-refractivity contribution in [3.05, 3.63) is 35.9 Å². The van der Waals surface area contributed by atoms with Gasteiger partial charge in [-0.15, -0.1) is 0 Å². The topological polar surface area (TPSA) is 29.5 Å². The summed E-state index contributed by atoms with van der Waals surface area (Å²) in [5.74, 6) is 0. The van der Waals surface area contributed by atoms with E-state index < -0.39 is 0 Å². The average Bonchev–Trinajstić information content (AvgIpc) is 2.42. The van der Waals surface area contributed by atoms with E-state index in [-0.39, 0.29) is 17.6 Å². The molecule has 18 heavy (non-hydrogen) atoms. The SMILES string of the molecule is CCC(CO)(CCC(C)(C)OC)c1ccccc1. The third-order valence-corrected chi connectivity index (χ3v) is 4.12. The molecule has 102 valence electrons. The first-order valence-corrected chi connectivity index (χ1v) is 6.71. The maximum Gasteiger partial charge on any atom is 0.0623 e. The molecule has 0 saturated heterocycles. The lowest BCUT2D eigenvalue weighted by Crippen LogP contribution is -2.34. The lowest BCUT2D eigenvalue weighted by atomic mass is 9.73. The molecule has 1 aromatic rings. The third kappa shape index (κ3) is 3.56. The summed E-state index contributed by atoms with van der Waals surface area (Å²) in [4.78, 5) is 0. The van der Waals surface area contributed by atoms with E-state index in [9.17, 15) is 5.11 Å². The molecule has 0 bridgehead atoms. The summed E-state index contributed by atoms with van der Waals surface area (Å²) in [5, 5.41) is 9.86. The van der Waals surface area contributed by atoms with Gasteiger partial charge in [0, 0.05) is 12.5 Å². The van der Waals surface area contributed by atoms with Crippen LogP contribution in [-0.2, 0) is 10.2 Å². The Kier molecular flexibility index (Phi) is 5.36. The van der Waals surface area contributed by atoms with Gasteiger partial charge in [0.1, 0.15) is 0 Å². The van der Waals surface area contributed by atoms with E-state index in [1.165, 1.54) is 5.56 Å². The molecule has 2 heteroatoms. The van der Waals surface area contributed by atoms with Crippen LogP contribution in [0.15, 0.2) is 30.3 Å². The minimum absolute atomic E-state index is 0.135. The van der Waals surface area contributed by atoms with Crippen molar-refractivity contribution >= 4 is 0 Å². The monoisotopic (exact) mass is 250 g/mol. The molecule has 0 saturated carbocycles. The molecule has 0 aliphatic carbocycles. The molecule has 0 aliphatic heterocycles. The van der Waals surface area contributed by atoms with Crippen molar-refractivity contribution in [2.45, 2.75) is 51.0 Å². The Morgan fingerprint density at radius 3 is 2.17 bits per heavy atom. The van der Waals surface area contributed by atoms with Gasteiger partial charge in [0.15, 0.2) is 0 Å². The van der Waals surface area contributed by atoms with Crippen LogP contribution in [0.5, 0.6) is 0 Å². The molecule has 1 aromatic carbocycles. The Balaban J connectivity index is 2.88. The largest absolute Gasteiger partial charge is 0.395 e. The highest BCUT2D eigenvalue weighted by molar-refractivity contribution is 5.25. The molecular weight excluding hydrogens is 224 g/mol. The fourth-order valence-corrected chi connectivity index (χ4v) is 2.24. The molecule has 1 N–H and O–H groups in total. The summed E-state index contributed by atoms with van der Waals surface area (Å²) < 4.78 is 5.48. The van der Waals surface area contributed by atoms with Crippen molar-refractivity contribution in [2.75, 3.05) is 13.7 Å². The van der Waals surface area contributed by atoms with Crippen LogP contribution in [-0.4, -0.2) is 24.4 Å². The number of hydrogen-bond donors (Lipinski definition) is 1. The molecular formula is C16H26O2. The standard InChI is InChI=1S/C16H26O2/c1-5-16(13-17,12-11-15(2,3)18-4)14-9-7-6-8-10-14/h6-10,17H,5,11-13H2,1-4H3. The summed E-state index contributed by atoms with van der Waals surface area (Å²) in [5.41, 5.74) is 0.948. The fraction of sp³-hybridized carbons (Fsp3) is 0.625. The van der Waals surface area contributed by atoms with Crippen LogP contribution in [0.3, 0.4) is 0 Å². The first kappa shape index (κ1) is 15.2. The van der Waals surface area contributed by atoms with Crippen molar-refractivity contribution in [1.82, 2.24) is 0 Å². The van der Waals surface area contributed by atoms with Gasteiger partial charge in [-0.05, 0) is 38.7 Å². The second kappa shape index (κ2) is 6.35.